The predicted molar refractivity (Wildman–Crippen MR) is 67.2 cm³/mol. The van der Waals surface area contributed by atoms with Gasteiger partial charge in [0.15, 0.2) is 5.82 Å². The van der Waals surface area contributed by atoms with Crippen molar-refractivity contribution < 1.29 is 9.59 Å². The number of aromatic nitrogens is 1. The van der Waals surface area contributed by atoms with Gasteiger partial charge in [-0.2, -0.15) is 0 Å². The van der Waals surface area contributed by atoms with Crippen molar-refractivity contribution >= 4 is 29.2 Å². The van der Waals surface area contributed by atoms with Crippen LogP contribution in [-0.2, 0) is 9.59 Å². The van der Waals surface area contributed by atoms with Gasteiger partial charge in [0.25, 0.3) is 0 Å². The number of imide groups is 1. The Hall–Kier alpha value is -1.42. The van der Waals surface area contributed by atoms with Gasteiger partial charge in [-0.05, 0) is 37.8 Å². The van der Waals surface area contributed by atoms with E-state index in [1.54, 1.807) is 18.3 Å². The van der Waals surface area contributed by atoms with Crippen LogP contribution in [0.1, 0.15) is 25.7 Å². The first kappa shape index (κ1) is 11.7. The van der Waals surface area contributed by atoms with Gasteiger partial charge in [0.1, 0.15) is 0 Å². The molecule has 2 amide bonds. The molecular formula is C13H13ClN2O2. The van der Waals surface area contributed by atoms with E-state index >= 15 is 0 Å². The Kier molecular flexibility index (Phi) is 2.82. The fourth-order valence-corrected chi connectivity index (χ4v) is 2.09. The lowest BCUT2D eigenvalue weighted by Gasteiger charge is -2.20. The summed E-state index contributed by atoms with van der Waals surface area (Å²) in [5, 5.41) is 0.348. The van der Waals surface area contributed by atoms with Gasteiger partial charge >= 0.3 is 0 Å². The summed E-state index contributed by atoms with van der Waals surface area (Å²) in [7, 11) is 0. The van der Waals surface area contributed by atoms with Crippen molar-refractivity contribution in [2.45, 2.75) is 25.7 Å². The largest absolute Gasteiger partial charge is 0.274 e. The maximum Gasteiger partial charge on any atom is 0.238 e. The Bertz CT molecular complexity index is 485. The highest BCUT2D eigenvalue weighted by atomic mass is 35.5. The second-order valence-electron chi connectivity index (χ2n) is 4.87. The summed E-state index contributed by atoms with van der Waals surface area (Å²) in [4.78, 5) is 29.8. The molecule has 0 atom stereocenters. The van der Waals surface area contributed by atoms with Crippen molar-refractivity contribution in [3.05, 3.63) is 23.4 Å². The maximum absolute atomic E-state index is 12.2. The fraction of sp³-hybridized carbons (Fsp3) is 0.462. The van der Waals surface area contributed by atoms with E-state index in [-0.39, 0.29) is 29.5 Å². The third kappa shape index (κ3) is 2.12. The van der Waals surface area contributed by atoms with E-state index in [1.807, 2.05) is 0 Å². The van der Waals surface area contributed by atoms with Crippen LogP contribution in [0.2, 0.25) is 5.02 Å². The molecule has 0 unspecified atom stereocenters. The molecule has 0 saturated heterocycles. The van der Waals surface area contributed by atoms with Crippen LogP contribution in [0.5, 0.6) is 0 Å². The minimum absolute atomic E-state index is 0.0224. The van der Waals surface area contributed by atoms with Crippen LogP contribution < -0.4 is 4.90 Å². The molecule has 0 bridgehead atoms. The molecule has 2 fully saturated rings. The van der Waals surface area contributed by atoms with Crippen LogP contribution in [0.15, 0.2) is 18.3 Å². The minimum Gasteiger partial charge on any atom is -0.274 e. The zero-order chi connectivity index (χ0) is 12.7. The van der Waals surface area contributed by atoms with E-state index in [1.165, 1.54) is 4.90 Å². The Labute approximate surface area is 110 Å². The SMILES string of the molecule is O=C(C1CC1)N(C(=O)C1CC1)c1ncccc1Cl. The molecule has 4 nitrogen and oxygen atoms in total. The number of halogens is 1. The molecular weight excluding hydrogens is 252 g/mol. The first-order valence-electron chi connectivity index (χ1n) is 6.17. The molecule has 0 aromatic carbocycles. The van der Waals surface area contributed by atoms with Gasteiger partial charge in [-0.25, -0.2) is 9.88 Å². The van der Waals surface area contributed by atoms with Crippen molar-refractivity contribution in [3.63, 3.8) is 0 Å². The van der Waals surface area contributed by atoms with Crippen molar-refractivity contribution in [1.82, 2.24) is 4.98 Å². The standard InChI is InChI=1S/C13H13ClN2O2/c14-10-2-1-7-15-11(10)16(12(17)8-3-4-8)13(18)9-5-6-9/h1-2,7-9H,3-6H2. The molecule has 2 saturated carbocycles. The molecule has 2 aliphatic rings. The molecule has 0 radical (unpaired) electrons. The first-order chi connectivity index (χ1) is 8.68. The summed E-state index contributed by atoms with van der Waals surface area (Å²) < 4.78 is 0. The highest BCUT2D eigenvalue weighted by molar-refractivity contribution is 6.34. The third-order valence-electron chi connectivity index (χ3n) is 3.24. The van der Waals surface area contributed by atoms with Crippen LogP contribution in [0.4, 0.5) is 5.82 Å². The number of carbonyl (C=O) groups is 2. The fourth-order valence-electron chi connectivity index (χ4n) is 1.88. The predicted octanol–water partition coefficient (Wildman–Crippen LogP) is 2.41. The van der Waals surface area contributed by atoms with E-state index in [9.17, 15) is 9.59 Å². The van der Waals surface area contributed by atoms with Gasteiger partial charge < -0.3 is 0 Å². The number of amides is 2. The smallest absolute Gasteiger partial charge is 0.238 e. The zero-order valence-electron chi connectivity index (χ0n) is 9.80. The number of rotatable bonds is 3. The highest BCUT2D eigenvalue weighted by Crippen LogP contribution is 2.38. The van der Waals surface area contributed by atoms with Gasteiger partial charge in [-0.15, -0.1) is 0 Å². The molecule has 1 aromatic heterocycles. The summed E-state index contributed by atoms with van der Waals surface area (Å²) in [6, 6.07) is 3.34. The lowest BCUT2D eigenvalue weighted by molar-refractivity contribution is -0.127. The van der Waals surface area contributed by atoms with E-state index in [4.69, 9.17) is 11.6 Å². The maximum atomic E-state index is 12.2. The van der Waals surface area contributed by atoms with Gasteiger partial charge in [-0.1, -0.05) is 11.6 Å². The van der Waals surface area contributed by atoms with E-state index < -0.39 is 0 Å². The molecule has 1 aromatic rings. The Morgan fingerprint density at radius 3 is 2.17 bits per heavy atom. The Morgan fingerprint density at radius 2 is 1.72 bits per heavy atom. The molecule has 5 heteroatoms. The minimum atomic E-state index is -0.146. The number of pyridine rings is 1. The molecule has 18 heavy (non-hydrogen) atoms. The average Bonchev–Trinajstić information content (AvgIpc) is 3.23. The number of anilines is 1. The summed E-state index contributed by atoms with van der Waals surface area (Å²) in [6.07, 6.45) is 4.99. The van der Waals surface area contributed by atoms with Crippen molar-refractivity contribution in [2.75, 3.05) is 4.90 Å². The normalized spacial score (nSPS) is 18.5. The second kappa shape index (κ2) is 4.35. The van der Waals surface area contributed by atoms with Crippen LogP contribution >= 0.6 is 11.6 Å². The Morgan fingerprint density at radius 1 is 1.17 bits per heavy atom. The quantitative estimate of drug-likeness (QED) is 0.788. The molecule has 2 aliphatic carbocycles. The van der Waals surface area contributed by atoms with Crippen molar-refractivity contribution in [1.29, 1.82) is 0 Å². The highest BCUT2D eigenvalue weighted by Gasteiger charge is 2.43. The number of hydrogen-bond donors (Lipinski definition) is 0. The first-order valence-corrected chi connectivity index (χ1v) is 6.54. The molecule has 0 N–H and O–H groups in total. The third-order valence-corrected chi connectivity index (χ3v) is 3.54. The molecule has 0 spiro atoms. The van der Waals surface area contributed by atoms with Gasteiger partial charge in [0.2, 0.25) is 11.8 Å². The van der Waals surface area contributed by atoms with E-state index in [0.717, 1.165) is 25.7 Å². The van der Waals surface area contributed by atoms with Crippen LogP contribution in [0, 0.1) is 11.8 Å². The topological polar surface area (TPSA) is 50.3 Å². The summed E-state index contributed by atoms with van der Waals surface area (Å²) >= 11 is 6.05. The van der Waals surface area contributed by atoms with Gasteiger partial charge in [-0.3, -0.25) is 9.59 Å². The Balaban J connectivity index is 1.95. The van der Waals surface area contributed by atoms with Crippen molar-refractivity contribution in [2.24, 2.45) is 11.8 Å². The number of hydrogen-bond acceptors (Lipinski definition) is 3. The molecule has 1 heterocycles. The summed E-state index contributed by atoms with van der Waals surface area (Å²) in [5.74, 6) is -0.0514. The van der Waals surface area contributed by atoms with E-state index in [2.05, 4.69) is 4.98 Å². The van der Waals surface area contributed by atoms with Crippen molar-refractivity contribution in [3.8, 4) is 0 Å². The van der Waals surface area contributed by atoms with E-state index in [0.29, 0.717) is 5.02 Å². The lowest BCUT2D eigenvalue weighted by atomic mass is 10.2. The number of carbonyl (C=O) groups excluding carboxylic acids is 2. The molecule has 0 aliphatic heterocycles. The van der Waals surface area contributed by atoms with Crippen LogP contribution in [0.25, 0.3) is 0 Å². The molecule has 94 valence electrons. The van der Waals surface area contributed by atoms with Crippen LogP contribution in [-0.4, -0.2) is 16.8 Å². The monoisotopic (exact) mass is 264 g/mol. The molecule has 3 rings (SSSR count). The number of nitrogens with zero attached hydrogens (tertiary/aromatic N) is 2. The average molecular weight is 265 g/mol. The lowest BCUT2D eigenvalue weighted by Crippen LogP contribution is -2.39. The van der Waals surface area contributed by atoms with Crippen LogP contribution in [0.3, 0.4) is 0 Å². The second-order valence-corrected chi connectivity index (χ2v) is 5.28. The van der Waals surface area contributed by atoms with Gasteiger partial charge in [0.05, 0.1) is 5.02 Å². The van der Waals surface area contributed by atoms with Gasteiger partial charge in [0, 0.05) is 18.0 Å². The zero-order valence-corrected chi connectivity index (χ0v) is 10.6. The summed E-state index contributed by atoms with van der Waals surface area (Å²) in [6.45, 7) is 0. The summed E-state index contributed by atoms with van der Waals surface area (Å²) in [5.41, 5.74) is 0.